The van der Waals surface area contributed by atoms with E-state index in [2.05, 4.69) is 37.8 Å². The van der Waals surface area contributed by atoms with Crippen molar-refractivity contribution in [2.24, 2.45) is 0 Å². The number of hydrogen-bond acceptors (Lipinski definition) is 3. The molecule has 128 valence electrons. The van der Waals surface area contributed by atoms with Gasteiger partial charge in [-0.25, -0.2) is 9.37 Å². The lowest BCUT2D eigenvalue weighted by molar-refractivity contribution is 0.237. The number of halogens is 1. The van der Waals surface area contributed by atoms with Gasteiger partial charge in [-0.05, 0) is 42.0 Å². The topological polar surface area (TPSA) is 36.9 Å². The van der Waals surface area contributed by atoms with Gasteiger partial charge in [0.1, 0.15) is 5.82 Å². The number of nitrogens with one attached hydrogen (secondary N) is 1. The van der Waals surface area contributed by atoms with Crippen LogP contribution in [0.2, 0.25) is 0 Å². The molecule has 3 heterocycles. The molecule has 25 heavy (non-hydrogen) atoms. The number of fused-ring (bicyclic) bond motifs is 1. The Morgan fingerprint density at radius 2 is 2.00 bits per heavy atom. The first-order valence-corrected chi connectivity index (χ1v) is 8.76. The molecule has 0 saturated heterocycles. The predicted molar refractivity (Wildman–Crippen MR) is 97.2 cm³/mol. The largest absolute Gasteiger partial charge is 0.346 e. The Bertz CT molecular complexity index is 929. The molecule has 0 unspecified atom stereocenters. The standard InChI is InChI=1S/C19H19FN4S/c20-16-5-3-14(4-6-16)11-24-8-1-2-17(24)13-23-9-7-18-15(12-23)10-21-19(25)22-18/h1-6,8,10H,7,9,11-13H2,(H,21,22,25). The first-order valence-electron chi connectivity index (χ1n) is 8.35. The van der Waals surface area contributed by atoms with E-state index >= 15 is 0 Å². The zero-order valence-electron chi connectivity index (χ0n) is 13.8. The van der Waals surface area contributed by atoms with E-state index in [0.717, 1.165) is 38.2 Å². The minimum atomic E-state index is -0.198. The van der Waals surface area contributed by atoms with Crippen molar-refractivity contribution >= 4 is 12.2 Å². The molecular weight excluding hydrogens is 335 g/mol. The van der Waals surface area contributed by atoms with Gasteiger partial charge in [-0.3, -0.25) is 4.90 Å². The molecule has 4 nitrogen and oxygen atoms in total. The first kappa shape index (κ1) is 16.2. The fraction of sp³-hybridized carbons (Fsp3) is 0.263. The molecule has 0 atom stereocenters. The lowest BCUT2D eigenvalue weighted by Gasteiger charge is -2.28. The Balaban J connectivity index is 1.47. The Hall–Kier alpha value is -2.31. The van der Waals surface area contributed by atoms with Gasteiger partial charge in [0.25, 0.3) is 0 Å². The van der Waals surface area contributed by atoms with Crippen molar-refractivity contribution in [3.8, 4) is 0 Å². The number of benzene rings is 1. The normalized spacial score (nSPS) is 14.4. The third kappa shape index (κ3) is 3.70. The van der Waals surface area contributed by atoms with Crippen LogP contribution in [0.3, 0.4) is 0 Å². The summed E-state index contributed by atoms with van der Waals surface area (Å²) in [5.74, 6) is -0.198. The molecule has 0 saturated carbocycles. The van der Waals surface area contributed by atoms with Gasteiger partial charge in [0.05, 0.1) is 0 Å². The molecule has 0 aliphatic carbocycles. The quantitative estimate of drug-likeness (QED) is 0.726. The molecule has 6 heteroatoms. The predicted octanol–water partition coefficient (Wildman–Crippen LogP) is 3.69. The van der Waals surface area contributed by atoms with E-state index in [1.807, 2.05) is 18.3 Å². The lowest BCUT2D eigenvalue weighted by atomic mass is 10.1. The first-order chi connectivity index (χ1) is 12.2. The molecule has 4 rings (SSSR count). The maximum Gasteiger partial charge on any atom is 0.196 e. The zero-order valence-corrected chi connectivity index (χ0v) is 14.6. The van der Waals surface area contributed by atoms with Crippen molar-refractivity contribution in [2.75, 3.05) is 6.54 Å². The van der Waals surface area contributed by atoms with Gasteiger partial charge in [0.15, 0.2) is 4.77 Å². The van der Waals surface area contributed by atoms with E-state index in [1.54, 1.807) is 0 Å². The number of aromatic nitrogens is 3. The van der Waals surface area contributed by atoms with Crippen LogP contribution in [-0.2, 0) is 26.1 Å². The van der Waals surface area contributed by atoms with Gasteiger partial charge in [-0.15, -0.1) is 0 Å². The SMILES string of the molecule is Fc1ccc(Cn2cccc2CN2CCc3[nH]c(=S)ncc3C2)cc1. The highest BCUT2D eigenvalue weighted by Gasteiger charge is 2.18. The molecule has 2 aromatic heterocycles. The third-order valence-corrected chi connectivity index (χ3v) is 4.84. The van der Waals surface area contributed by atoms with Crippen LogP contribution in [0, 0.1) is 10.6 Å². The smallest absolute Gasteiger partial charge is 0.196 e. The molecule has 0 spiro atoms. The summed E-state index contributed by atoms with van der Waals surface area (Å²) in [7, 11) is 0. The van der Waals surface area contributed by atoms with E-state index in [-0.39, 0.29) is 5.82 Å². The number of rotatable bonds is 4. The second-order valence-corrected chi connectivity index (χ2v) is 6.79. The van der Waals surface area contributed by atoms with Crippen molar-refractivity contribution < 1.29 is 4.39 Å². The fourth-order valence-electron chi connectivity index (χ4n) is 3.30. The molecule has 1 aliphatic rings. The van der Waals surface area contributed by atoms with Crippen LogP contribution in [0.5, 0.6) is 0 Å². The molecule has 0 amide bonds. The van der Waals surface area contributed by atoms with Crippen LogP contribution in [0.15, 0.2) is 48.8 Å². The fourth-order valence-corrected chi connectivity index (χ4v) is 3.48. The Labute approximate surface area is 151 Å². The van der Waals surface area contributed by atoms with E-state index < -0.39 is 0 Å². The molecule has 1 N–H and O–H groups in total. The van der Waals surface area contributed by atoms with Crippen LogP contribution in [0.4, 0.5) is 4.39 Å². The molecule has 0 radical (unpaired) electrons. The van der Waals surface area contributed by atoms with E-state index in [4.69, 9.17) is 12.2 Å². The summed E-state index contributed by atoms with van der Waals surface area (Å²) in [6.45, 7) is 3.49. The van der Waals surface area contributed by atoms with Gasteiger partial charge in [0.2, 0.25) is 0 Å². The second-order valence-electron chi connectivity index (χ2n) is 6.41. The van der Waals surface area contributed by atoms with Gasteiger partial charge < -0.3 is 9.55 Å². The molecule has 0 bridgehead atoms. The highest BCUT2D eigenvalue weighted by molar-refractivity contribution is 7.71. The van der Waals surface area contributed by atoms with Gasteiger partial charge >= 0.3 is 0 Å². The van der Waals surface area contributed by atoms with Crippen molar-refractivity contribution in [3.63, 3.8) is 0 Å². The highest BCUT2D eigenvalue weighted by Crippen LogP contribution is 2.19. The summed E-state index contributed by atoms with van der Waals surface area (Å²) in [6, 6.07) is 10.9. The minimum absolute atomic E-state index is 0.198. The van der Waals surface area contributed by atoms with Crippen molar-refractivity contribution in [2.45, 2.75) is 26.1 Å². The summed E-state index contributed by atoms with van der Waals surface area (Å²) < 4.78 is 15.8. The lowest BCUT2D eigenvalue weighted by Crippen LogP contribution is -2.31. The van der Waals surface area contributed by atoms with E-state index in [0.29, 0.717) is 4.77 Å². The number of H-pyrrole nitrogens is 1. The molecule has 3 aromatic rings. The average Bonchev–Trinajstić information content (AvgIpc) is 3.04. The molecule has 1 aliphatic heterocycles. The third-order valence-electron chi connectivity index (χ3n) is 4.63. The number of hydrogen-bond donors (Lipinski definition) is 1. The maximum atomic E-state index is 13.1. The van der Waals surface area contributed by atoms with Crippen molar-refractivity contribution in [3.05, 3.63) is 81.9 Å². The summed E-state index contributed by atoms with van der Waals surface area (Å²) in [5, 5.41) is 0. The van der Waals surface area contributed by atoms with E-state index in [1.165, 1.54) is 29.1 Å². The van der Waals surface area contributed by atoms with Crippen LogP contribution < -0.4 is 0 Å². The van der Waals surface area contributed by atoms with Crippen LogP contribution in [0.25, 0.3) is 0 Å². The second kappa shape index (κ2) is 6.90. The monoisotopic (exact) mass is 354 g/mol. The van der Waals surface area contributed by atoms with Crippen LogP contribution >= 0.6 is 12.2 Å². The summed E-state index contributed by atoms with van der Waals surface area (Å²) in [5.41, 5.74) is 4.78. The molecule has 1 aromatic carbocycles. The highest BCUT2D eigenvalue weighted by atomic mass is 32.1. The Kier molecular flexibility index (Phi) is 4.46. The Morgan fingerprint density at radius 3 is 2.84 bits per heavy atom. The summed E-state index contributed by atoms with van der Waals surface area (Å²) in [4.78, 5) is 9.81. The summed E-state index contributed by atoms with van der Waals surface area (Å²) in [6.07, 6.45) is 4.92. The average molecular weight is 354 g/mol. The van der Waals surface area contributed by atoms with Gasteiger partial charge in [-0.1, -0.05) is 12.1 Å². The maximum absolute atomic E-state index is 13.1. The van der Waals surface area contributed by atoms with Crippen LogP contribution in [0.1, 0.15) is 22.5 Å². The zero-order chi connectivity index (χ0) is 17.2. The van der Waals surface area contributed by atoms with Crippen molar-refractivity contribution in [1.82, 2.24) is 19.4 Å². The number of nitrogens with zero attached hydrogens (tertiary/aromatic N) is 3. The molecular formula is C19H19FN4S. The minimum Gasteiger partial charge on any atom is -0.346 e. The van der Waals surface area contributed by atoms with Crippen LogP contribution in [-0.4, -0.2) is 26.0 Å². The number of aromatic amines is 1. The van der Waals surface area contributed by atoms with Crippen molar-refractivity contribution in [1.29, 1.82) is 0 Å². The van der Waals surface area contributed by atoms with E-state index in [9.17, 15) is 4.39 Å². The summed E-state index contributed by atoms with van der Waals surface area (Å²) >= 11 is 5.10. The Morgan fingerprint density at radius 1 is 1.16 bits per heavy atom. The molecule has 0 fully saturated rings. The van der Waals surface area contributed by atoms with Gasteiger partial charge in [-0.2, -0.15) is 0 Å². The van der Waals surface area contributed by atoms with Gasteiger partial charge in [0, 0.05) is 61.9 Å².